The van der Waals surface area contributed by atoms with E-state index in [1.807, 2.05) is 11.3 Å². The Morgan fingerprint density at radius 1 is 0.222 bits per heavy atom. The predicted octanol–water partition coefficient (Wildman–Crippen LogP) is 18.0. The van der Waals surface area contributed by atoms with E-state index in [2.05, 4.69) is 231 Å². The predicted molar refractivity (Wildman–Crippen MR) is 271 cm³/mol. The maximum Gasteiger partial charge on any atom is 0.0349 e. The van der Waals surface area contributed by atoms with Gasteiger partial charge in [0.15, 0.2) is 0 Å². The third-order valence-corrected chi connectivity index (χ3v) is 14.4. The van der Waals surface area contributed by atoms with E-state index in [0.29, 0.717) is 0 Å². The average Bonchev–Trinajstić information content (AvgIpc) is 3.98. The molecule has 0 amide bonds. The topological polar surface area (TPSA) is 0 Å². The first-order valence-corrected chi connectivity index (χ1v) is 22.6. The summed E-state index contributed by atoms with van der Waals surface area (Å²) in [6, 6.07) is 85.4. The summed E-state index contributed by atoms with van der Waals surface area (Å²) in [6.07, 6.45) is 0. The van der Waals surface area contributed by atoms with Crippen LogP contribution >= 0.6 is 11.3 Å². The first-order chi connectivity index (χ1) is 31.3. The van der Waals surface area contributed by atoms with Crippen LogP contribution in [-0.2, 0) is 0 Å². The molecular formula is C62H38S. The van der Waals surface area contributed by atoms with Crippen LogP contribution in [0.15, 0.2) is 231 Å². The Morgan fingerprint density at radius 3 is 1.06 bits per heavy atom. The highest BCUT2D eigenvalue weighted by atomic mass is 32.1. The van der Waals surface area contributed by atoms with Crippen molar-refractivity contribution in [2.45, 2.75) is 0 Å². The zero-order valence-electron chi connectivity index (χ0n) is 34.3. The minimum atomic E-state index is 1.23. The molecule has 0 unspecified atom stereocenters. The highest BCUT2D eigenvalue weighted by Gasteiger charge is 2.30. The lowest BCUT2D eigenvalue weighted by Crippen LogP contribution is -1.94. The fourth-order valence-electron chi connectivity index (χ4n) is 10.6. The van der Waals surface area contributed by atoms with Crippen LogP contribution in [0.3, 0.4) is 0 Å². The smallest absolute Gasteiger partial charge is 0.0349 e. The van der Waals surface area contributed by atoms with Crippen LogP contribution in [0.2, 0.25) is 0 Å². The van der Waals surface area contributed by atoms with Crippen molar-refractivity contribution in [3.63, 3.8) is 0 Å². The largest absolute Gasteiger partial charge is 0.135 e. The van der Waals surface area contributed by atoms with Gasteiger partial charge >= 0.3 is 0 Å². The van der Waals surface area contributed by atoms with Crippen molar-refractivity contribution in [2.24, 2.45) is 0 Å². The summed E-state index contributed by atoms with van der Waals surface area (Å²) >= 11 is 1.88. The van der Waals surface area contributed by atoms with E-state index in [0.717, 1.165) is 0 Å². The van der Waals surface area contributed by atoms with Gasteiger partial charge in [-0.25, -0.2) is 0 Å². The lowest BCUT2D eigenvalue weighted by Gasteiger charge is -2.21. The standard InChI is InChI=1S/C62H38S/c1-5-17-39(18-6-1)56-46-27-13-14-28-47(46)57(40-19-7-2-8-20-40)52-37-44(31-33-48(52)56)54-35-36-55(63-54)45-32-34-49-53(38-45)60(43-23-11-4-12-24-43)62-51-30-16-26-41-25-15-29-50(58(41)51)61(62)59(49)42-21-9-3-10-22-42/h1-38H. The molecule has 1 aliphatic carbocycles. The third kappa shape index (κ3) is 5.60. The van der Waals surface area contributed by atoms with Crippen molar-refractivity contribution in [3.8, 4) is 87.6 Å². The van der Waals surface area contributed by atoms with Crippen LogP contribution in [0, 0.1) is 0 Å². The molecule has 0 saturated heterocycles. The minimum absolute atomic E-state index is 1.23. The molecule has 0 spiro atoms. The minimum Gasteiger partial charge on any atom is -0.135 e. The summed E-state index contributed by atoms with van der Waals surface area (Å²) in [5.74, 6) is 0. The second-order valence-corrected chi connectivity index (χ2v) is 17.7. The van der Waals surface area contributed by atoms with Gasteiger partial charge in [0.25, 0.3) is 0 Å². The van der Waals surface area contributed by atoms with E-state index < -0.39 is 0 Å². The number of thiophene rings is 1. The van der Waals surface area contributed by atoms with E-state index in [9.17, 15) is 0 Å². The maximum absolute atomic E-state index is 2.47. The molecule has 1 heterocycles. The molecule has 11 aromatic carbocycles. The molecule has 0 aliphatic heterocycles. The lowest BCUT2D eigenvalue weighted by atomic mass is 9.82. The first-order valence-electron chi connectivity index (χ1n) is 21.8. The molecule has 1 heteroatoms. The van der Waals surface area contributed by atoms with Gasteiger partial charge in [-0.2, -0.15) is 0 Å². The van der Waals surface area contributed by atoms with Crippen molar-refractivity contribution in [1.82, 2.24) is 0 Å². The monoisotopic (exact) mass is 814 g/mol. The Morgan fingerprint density at radius 2 is 0.587 bits per heavy atom. The second kappa shape index (κ2) is 14.4. The molecule has 13 rings (SSSR count). The fraction of sp³-hybridized carbons (Fsp3) is 0. The van der Waals surface area contributed by atoms with Crippen LogP contribution < -0.4 is 0 Å². The van der Waals surface area contributed by atoms with Gasteiger partial charge in [-0.3, -0.25) is 0 Å². The Bertz CT molecular complexity index is 3740. The Balaban J connectivity index is 1.03. The Kier molecular flexibility index (Phi) is 8.19. The number of fused-ring (bicyclic) bond motifs is 6. The number of benzene rings is 11. The van der Waals surface area contributed by atoms with Gasteiger partial charge in [-0.15, -0.1) is 11.3 Å². The summed E-state index contributed by atoms with van der Waals surface area (Å²) < 4.78 is 0. The Labute approximate surface area is 370 Å². The van der Waals surface area contributed by atoms with Crippen LogP contribution in [0.1, 0.15) is 0 Å². The van der Waals surface area contributed by atoms with E-state index in [1.165, 1.54) is 131 Å². The zero-order chi connectivity index (χ0) is 41.4. The molecular weight excluding hydrogens is 777 g/mol. The second-order valence-electron chi connectivity index (χ2n) is 16.7. The van der Waals surface area contributed by atoms with Crippen LogP contribution in [-0.4, -0.2) is 0 Å². The number of rotatable bonds is 6. The molecule has 1 aromatic heterocycles. The molecule has 0 atom stereocenters. The van der Waals surface area contributed by atoms with Crippen molar-refractivity contribution >= 4 is 54.4 Å². The average molecular weight is 815 g/mol. The maximum atomic E-state index is 2.47. The fourth-order valence-corrected chi connectivity index (χ4v) is 11.6. The molecule has 0 fully saturated rings. The summed E-state index contributed by atoms with van der Waals surface area (Å²) in [4.78, 5) is 2.51. The first kappa shape index (κ1) is 35.9. The summed E-state index contributed by atoms with van der Waals surface area (Å²) in [5, 5.41) is 10.2. The summed E-state index contributed by atoms with van der Waals surface area (Å²) in [7, 11) is 0. The van der Waals surface area contributed by atoms with Gasteiger partial charge < -0.3 is 0 Å². The lowest BCUT2D eigenvalue weighted by molar-refractivity contribution is 1.62. The van der Waals surface area contributed by atoms with Crippen molar-refractivity contribution < 1.29 is 0 Å². The van der Waals surface area contributed by atoms with Gasteiger partial charge in [-0.1, -0.05) is 206 Å². The molecule has 1 aliphatic rings. The molecule has 0 bridgehead atoms. The summed E-state index contributed by atoms with van der Waals surface area (Å²) in [5.41, 5.74) is 17.9. The molecule has 0 nitrogen and oxygen atoms in total. The quantitative estimate of drug-likeness (QED) is 0.147. The SMILES string of the molecule is c1ccc(-c2c3c(c(-c4ccccc4)c4cc(-c5ccc(-c6ccc7c(-c8ccccc8)c8ccccc8c(-c8ccccc8)c7c6)s5)ccc24)-c2cccc4cccc-3c24)cc1. The zero-order valence-corrected chi connectivity index (χ0v) is 35.2. The summed E-state index contributed by atoms with van der Waals surface area (Å²) in [6.45, 7) is 0. The van der Waals surface area contributed by atoms with E-state index in [-0.39, 0.29) is 0 Å². The molecule has 0 N–H and O–H groups in total. The van der Waals surface area contributed by atoms with Gasteiger partial charge in [0, 0.05) is 9.75 Å². The molecule has 292 valence electrons. The molecule has 0 saturated carbocycles. The van der Waals surface area contributed by atoms with Crippen LogP contribution in [0.5, 0.6) is 0 Å². The number of hydrogen-bond acceptors (Lipinski definition) is 1. The van der Waals surface area contributed by atoms with E-state index in [4.69, 9.17) is 0 Å². The molecule has 0 radical (unpaired) electrons. The number of hydrogen-bond donors (Lipinski definition) is 0. The van der Waals surface area contributed by atoms with Crippen molar-refractivity contribution in [2.75, 3.05) is 0 Å². The normalized spacial score (nSPS) is 11.8. The third-order valence-electron chi connectivity index (χ3n) is 13.2. The van der Waals surface area contributed by atoms with Gasteiger partial charge in [-0.05, 0) is 145 Å². The molecule has 63 heavy (non-hydrogen) atoms. The van der Waals surface area contributed by atoms with E-state index in [1.54, 1.807) is 0 Å². The van der Waals surface area contributed by atoms with Gasteiger partial charge in [0.1, 0.15) is 0 Å². The molecule has 12 aromatic rings. The van der Waals surface area contributed by atoms with Crippen LogP contribution in [0.4, 0.5) is 0 Å². The highest BCUT2D eigenvalue weighted by Crippen LogP contribution is 2.58. The van der Waals surface area contributed by atoms with Crippen molar-refractivity contribution in [1.29, 1.82) is 0 Å². The van der Waals surface area contributed by atoms with E-state index >= 15 is 0 Å². The van der Waals surface area contributed by atoms with Gasteiger partial charge in [0.2, 0.25) is 0 Å². The van der Waals surface area contributed by atoms with Gasteiger partial charge in [0.05, 0.1) is 0 Å². The van der Waals surface area contributed by atoms with Crippen LogP contribution in [0.25, 0.3) is 131 Å². The van der Waals surface area contributed by atoms with Crippen molar-refractivity contribution in [3.05, 3.63) is 231 Å². The highest BCUT2D eigenvalue weighted by molar-refractivity contribution is 7.18. The Hall–Kier alpha value is -7.84.